The molecule has 0 spiro atoms. The van der Waals surface area contributed by atoms with Crippen LogP contribution in [0.3, 0.4) is 0 Å². The van der Waals surface area contributed by atoms with Gasteiger partial charge in [0.25, 0.3) is 0 Å². The number of rotatable bonds is 8. The van der Waals surface area contributed by atoms with Gasteiger partial charge in [-0.2, -0.15) is 0 Å². The largest absolute Gasteiger partial charge is 0.480 e. The number of hydrogen-bond donors (Lipinski definition) is 2. The van der Waals surface area contributed by atoms with Gasteiger partial charge in [-0.3, -0.25) is 14.5 Å². The van der Waals surface area contributed by atoms with Crippen LogP contribution in [-0.2, 0) is 9.59 Å². The molecule has 3 rings (SSSR count). The summed E-state index contributed by atoms with van der Waals surface area (Å²) in [5.74, 6) is 0.146. The molecule has 3 aliphatic rings. The van der Waals surface area contributed by atoms with E-state index in [1.54, 1.807) is 0 Å². The van der Waals surface area contributed by atoms with Crippen LogP contribution in [0.1, 0.15) is 71.1 Å². The van der Waals surface area contributed by atoms with Gasteiger partial charge in [0.2, 0.25) is 5.91 Å². The average molecular weight is 336 g/mol. The summed E-state index contributed by atoms with van der Waals surface area (Å²) < 4.78 is 0. The molecule has 0 unspecified atom stereocenters. The van der Waals surface area contributed by atoms with Crippen molar-refractivity contribution in [2.45, 2.75) is 83.2 Å². The molecule has 3 aliphatic carbocycles. The highest BCUT2D eigenvalue weighted by atomic mass is 16.4. The molecule has 0 aliphatic heterocycles. The average Bonchev–Trinajstić information content (AvgIpc) is 3.25. The van der Waals surface area contributed by atoms with Gasteiger partial charge in [0.1, 0.15) is 0 Å². The summed E-state index contributed by atoms with van der Waals surface area (Å²) in [5, 5.41) is 12.3. The molecule has 0 aromatic rings. The number of carbonyl (C=O) groups excluding carboxylic acids is 1. The van der Waals surface area contributed by atoms with E-state index in [9.17, 15) is 9.59 Å². The molecule has 136 valence electrons. The molecule has 3 saturated carbocycles. The molecule has 0 heterocycles. The summed E-state index contributed by atoms with van der Waals surface area (Å²) >= 11 is 0. The second-order valence-corrected chi connectivity index (χ2v) is 8.70. The Kier molecular flexibility index (Phi) is 5.48. The molecule has 3 fully saturated rings. The number of amides is 1. The van der Waals surface area contributed by atoms with E-state index in [0.29, 0.717) is 18.4 Å². The van der Waals surface area contributed by atoms with E-state index in [1.807, 2.05) is 0 Å². The van der Waals surface area contributed by atoms with E-state index in [1.165, 1.54) is 44.9 Å². The predicted molar refractivity (Wildman–Crippen MR) is 92.7 cm³/mol. The quantitative estimate of drug-likeness (QED) is 0.715. The Labute approximate surface area is 145 Å². The van der Waals surface area contributed by atoms with Crippen LogP contribution in [0.25, 0.3) is 0 Å². The van der Waals surface area contributed by atoms with E-state index >= 15 is 0 Å². The second kappa shape index (κ2) is 7.42. The van der Waals surface area contributed by atoms with Crippen molar-refractivity contribution in [2.24, 2.45) is 11.3 Å². The van der Waals surface area contributed by atoms with Crippen LogP contribution in [-0.4, -0.2) is 47.1 Å². The zero-order chi connectivity index (χ0) is 17.2. The van der Waals surface area contributed by atoms with Gasteiger partial charge < -0.3 is 10.4 Å². The number of aliphatic carboxylic acids is 1. The zero-order valence-electron chi connectivity index (χ0n) is 14.9. The van der Waals surface area contributed by atoms with Crippen LogP contribution in [0.15, 0.2) is 0 Å². The third-order valence-corrected chi connectivity index (χ3v) is 6.17. The highest BCUT2D eigenvalue weighted by Gasteiger charge is 2.38. The number of hydrogen-bond acceptors (Lipinski definition) is 3. The number of carboxylic acid groups (broad SMARTS) is 1. The third kappa shape index (κ3) is 4.95. The Morgan fingerprint density at radius 3 is 2.42 bits per heavy atom. The van der Waals surface area contributed by atoms with Crippen molar-refractivity contribution >= 4 is 11.9 Å². The molecular formula is C19H32N2O3. The van der Waals surface area contributed by atoms with Crippen molar-refractivity contribution in [3.63, 3.8) is 0 Å². The Hall–Kier alpha value is -1.10. The van der Waals surface area contributed by atoms with Gasteiger partial charge in [0, 0.05) is 25.0 Å². The first kappa shape index (κ1) is 17.7. The third-order valence-electron chi connectivity index (χ3n) is 6.17. The fourth-order valence-corrected chi connectivity index (χ4v) is 4.40. The van der Waals surface area contributed by atoms with E-state index < -0.39 is 5.97 Å². The molecule has 0 bridgehead atoms. The van der Waals surface area contributed by atoms with E-state index in [0.717, 1.165) is 19.4 Å². The van der Waals surface area contributed by atoms with Crippen LogP contribution in [0, 0.1) is 11.3 Å². The topological polar surface area (TPSA) is 69.6 Å². The SMILES string of the molecule is CC1(CC(=O)NC2CC(N(CC(=O)O)CC3CC3)C2)CCCCC1. The molecule has 5 nitrogen and oxygen atoms in total. The molecule has 1 amide bonds. The first-order chi connectivity index (χ1) is 11.4. The zero-order valence-corrected chi connectivity index (χ0v) is 14.9. The summed E-state index contributed by atoms with van der Waals surface area (Å²) in [6, 6.07) is 0.572. The minimum atomic E-state index is -0.742. The van der Waals surface area contributed by atoms with Crippen LogP contribution in [0.2, 0.25) is 0 Å². The lowest BCUT2D eigenvalue weighted by Gasteiger charge is -2.43. The van der Waals surface area contributed by atoms with Crippen molar-refractivity contribution in [1.29, 1.82) is 0 Å². The van der Waals surface area contributed by atoms with Crippen molar-refractivity contribution in [2.75, 3.05) is 13.1 Å². The van der Waals surface area contributed by atoms with E-state index in [-0.39, 0.29) is 23.9 Å². The molecule has 0 radical (unpaired) electrons. The summed E-state index contributed by atoms with van der Waals surface area (Å²) in [6.07, 6.45) is 11.1. The highest BCUT2D eigenvalue weighted by molar-refractivity contribution is 5.77. The fourth-order valence-electron chi connectivity index (χ4n) is 4.40. The Morgan fingerprint density at radius 1 is 1.17 bits per heavy atom. The predicted octanol–water partition coefficient (Wildman–Crippen LogP) is 2.79. The van der Waals surface area contributed by atoms with Gasteiger partial charge in [0.15, 0.2) is 0 Å². The van der Waals surface area contributed by atoms with Gasteiger partial charge >= 0.3 is 5.97 Å². The Morgan fingerprint density at radius 2 is 1.83 bits per heavy atom. The lowest BCUT2D eigenvalue weighted by Crippen LogP contribution is -2.55. The molecule has 5 heteroatoms. The molecular weight excluding hydrogens is 304 g/mol. The lowest BCUT2D eigenvalue weighted by molar-refractivity contribution is -0.140. The van der Waals surface area contributed by atoms with Crippen molar-refractivity contribution in [3.05, 3.63) is 0 Å². The standard InChI is InChI=1S/C19H32N2O3/c1-19(7-3-2-4-8-19)11-17(22)20-15-9-16(10-15)21(13-18(23)24)12-14-5-6-14/h14-16H,2-13H2,1H3,(H,20,22)(H,23,24). The molecule has 0 aromatic carbocycles. The lowest BCUT2D eigenvalue weighted by atomic mass is 9.73. The Bertz CT molecular complexity index is 463. The van der Waals surface area contributed by atoms with Crippen LogP contribution in [0.5, 0.6) is 0 Å². The number of nitrogens with zero attached hydrogens (tertiary/aromatic N) is 1. The molecule has 0 atom stereocenters. The fraction of sp³-hybridized carbons (Fsp3) is 0.895. The van der Waals surface area contributed by atoms with Crippen LogP contribution in [0.4, 0.5) is 0 Å². The molecule has 2 N–H and O–H groups in total. The maximum atomic E-state index is 12.3. The first-order valence-corrected chi connectivity index (χ1v) is 9.69. The maximum Gasteiger partial charge on any atom is 0.317 e. The van der Waals surface area contributed by atoms with Crippen molar-refractivity contribution in [1.82, 2.24) is 10.2 Å². The minimum absolute atomic E-state index is 0.139. The van der Waals surface area contributed by atoms with Gasteiger partial charge in [-0.15, -0.1) is 0 Å². The van der Waals surface area contributed by atoms with Crippen LogP contribution >= 0.6 is 0 Å². The second-order valence-electron chi connectivity index (χ2n) is 8.70. The highest BCUT2D eigenvalue weighted by Crippen LogP contribution is 2.39. The molecule has 0 saturated heterocycles. The summed E-state index contributed by atoms with van der Waals surface area (Å²) in [6.45, 7) is 3.30. The smallest absolute Gasteiger partial charge is 0.317 e. The van der Waals surface area contributed by atoms with Crippen molar-refractivity contribution < 1.29 is 14.7 Å². The summed E-state index contributed by atoms with van der Waals surface area (Å²) in [5.41, 5.74) is 0.187. The number of carboxylic acids is 1. The minimum Gasteiger partial charge on any atom is -0.480 e. The molecule has 24 heavy (non-hydrogen) atoms. The monoisotopic (exact) mass is 336 g/mol. The van der Waals surface area contributed by atoms with Gasteiger partial charge in [-0.25, -0.2) is 0 Å². The van der Waals surface area contributed by atoms with Gasteiger partial charge in [-0.05, 0) is 49.9 Å². The van der Waals surface area contributed by atoms with E-state index in [4.69, 9.17) is 5.11 Å². The molecule has 0 aromatic heterocycles. The number of nitrogens with one attached hydrogen (secondary N) is 1. The van der Waals surface area contributed by atoms with Crippen molar-refractivity contribution in [3.8, 4) is 0 Å². The normalized spacial score (nSPS) is 29.1. The summed E-state index contributed by atoms with van der Waals surface area (Å²) in [4.78, 5) is 25.5. The summed E-state index contributed by atoms with van der Waals surface area (Å²) in [7, 11) is 0. The van der Waals surface area contributed by atoms with Gasteiger partial charge in [-0.1, -0.05) is 26.2 Å². The Balaban J connectivity index is 1.40. The first-order valence-electron chi connectivity index (χ1n) is 9.69. The van der Waals surface area contributed by atoms with Crippen LogP contribution < -0.4 is 5.32 Å². The number of carbonyl (C=O) groups is 2. The van der Waals surface area contributed by atoms with E-state index in [2.05, 4.69) is 17.1 Å². The van der Waals surface area contributed by atoms with Gasteiger partial charge in [0.05, 0.1) is 6.54 Å². The maximum absolute atomic E-state index is 12.3.